The Morgan fingerprint density at radius 3 is 2.81 bits per heavy atom. The number of benzene rings is 1. The maximum Gasteiger partial charge on any atom is 0.242 e. The average molecular weight is 426 g/mol. The number of amides is 2. The SMILES string of the molecule is COc1ccc(Cc2cnc(C3CCCN(C(=O)CN4CCCCCC4=O)C3)o2)cc1. The predicted octanol–water partition coefficient (Wildman–Crippen LogP) is 3.38. The summed E-state index contributed by atoms with van der Waals surface area (Å²) in [6.07, 6.45) is 7.86. The van der Waals surface area contributed by atoms with Crippen LogP contribution in [0.2, 0.25) is 0 Å². The molecular formula is C24H31N3O4. The van der Waals surface area contributed by atoms with Gasteiger partial charge in [-0.1, -0.05) is 18.6 Å². The molecule has 2 aromatic rings. The first-order chi connectivity index (χ1) is 15.1. The monoisotopic (exact) mass is 425 g/mol. The number of rotatable bonds is 6. The molecule has 0 radical (unpaired) electrons. The molecule has 3 heterocycles. The lowest BCUT2D eigenvalue weighted by Crippen LogP contribution is -2.46. The van der Waals surface area contributed by atoms with E-state index >= 15 is 0 Å². The zero-order valence-electron chi connectivity index (χ0n) is 18.2. The third kappa shape index (κ3) is 5.46. The van der Waals surface area contributed by atoms with Crippen molar-refractivity contribution in [1.82, 2.24) is 14.8 Å². The van der Waals surface area contributed by atoms with E-state index in [4.69, 9.17) is 9.15 Å². The summed E-state index contributed by atoms with van der Waals surface area (Å²) < 4.78 is 11.3. The first-order valence-electron chi connectivity index (χ1n) is 11.3. The van der Waals surface area contributed by atoms with Gasteiger partial charge < -0.3 is 19.0 Å². The number of methoxy groups -OCH3 is 1. The first kappa shape index (κ1) is 21.4. The van der Waals surface area contributed by atoms with E-state index in [0.717, 1.165) is 55.7 Å². The normalized spacial score (nSPS) is 19.9. The van der Waals surface area contributed by atoms with E-state index < -0.39 is 0 Å². The van der Waals surface area contributed by atoms with E-state index in [1.165, 1.54) is 0 Å². The van der Waals surface area contributed by atoms with Gasteiger partial charge in [0, 0.05) is 32.5 Å². The standard InChI is InChI=1S/C24H31N3O4/c1-30-20-10-8-18(9-11-20)14-21-15-25-24(31-21)19-6-5-13-26(16-19)23(29)17-27-12-4-2-3-7-22(27)28/h8-11,15,19H,2-7,12-14,16-17H2,1H3. The lowest BCUT2D eigenvalue weighted by atomic mass is 9.98. The molecule has 31 heavy (non-hydrogen) atoms. The van der Waals surface area contributed by atoms with Crippen molar-refractivity contribution < 1.29 is 18.7 Å². The zero-order valence-corrected chi connectivity index (χ0v) is 18.2. The van der Waals surface area contributed by atoms with Crippen molar-refractivity contribution in [2.75, 3.05) is 33.3 Å². The third-order valence-electron chi connectivity index (χ3n) is 6.23. The molecule has 1 atom stereocenters. The highest BCUT2D eigenvalue weighted by Gasteiger charge is 2.29. The van der Waals surface area contributed by atoms with Crippen molar-refractivity contribution in [2.45, 2.75) is 50.9 Å². The highest BCUT2D eigenvalue weighted by atomic mass is 16.5. The molecule has 0 bridgehead atoms. The van der Waals surface area contributed by atoms with Crippen LogP contribution in [0.1, 0.15) is 61.7 Å². The fraction of sp³-hybridized carbons (Fsp3) is 0.542. The molecule has 2 saturated heterocycles. The Bertz CT molecular complexity index is 892. The average Bonchev–Trinajstić information content (AvgIpc) is 3.17. The second kappa shape index (κ2) is 9.98. The summed E-state index contributed by atoms with van der Waals surface area (Å²) in [4.78, 5) is 33.2. The van der Waals surface area contributed by atoms with Crippen molar-refractivity contribution in [3.8, 4) is 5.75 Å². The molecule has 4 rings (SSSR count). The van der Waals surface area contributed by atoms with Crippen LogP contribution < -0.4 is 4.74 Å². The van der Waals surface area contributed by atoms with E-state index in [1.54, 1.807) is 18.2 Å². The number of oxazole rings is 1. The fourth-order valence-corrected chi connectivity index (χ4v) is 4.41. The van der Waals surface area contributed by atoms with E-state index in [-0.39, 0.29) is 24.3 Å². The topological polar surface area (TPSA) is 75.9 Å². The second-order valence-corrected chi connectivity index (χ2v) is 8.49. The molecule has 0 aliphatic carbocycles. The summed E-state index contributed by atoms with van der Waals surface area (Å²) in [5, 5.41) is 0. The van der Waals surface area contributed by atoms with Gasteiger partial charge in [-0.25, -0.2) is 4.98 Å². The molecule has 0 spiro atoms. The second-order valence-electron chi connectivity index (χ2n) is 8.49. The maximum atomic E-state index is 12.9. The fourth-order valence-electron chi connectivity index (χ4n) is 4.41. The molecule has 7 nitrogen and oxygen atoms in total. The molecule has 0 N–H and O–H groups in total. The van der Waals surface area contributed by atoms with Gasteiger partial charge in [0.25, 0.3) is 0 Å². The Morgan fingerprint density at radius 2 is 2.00 bits per heavy atom. The van der Waals surface area contributed by atoms with Gasteiger partial charge in [-0.05, 0) is 43.4 Å². The number of carbonyl (C=O) groups excluding carboxylic acids is 2. The highest BCUT2D eigenvalue weighted by molar-refractivity contribution is 5.85. The minimum atomic E-state index is 0.0324. The Labute approximate surface area is 183 Å². The molecule has 2 aliphatic rings. The largest absolute Gasteiger partial charge is 0.497 e. The van der Waals surface area contributed by atoms with E-state index in [2.05, 4.69) is 4.98 Å². The number of nitrogens with zero attached hydrogens (tertiary/aromatic N) is 3. The van der Waals surface area contributed by atoms with Crippen LogP contribution in [0.5, 0.6) is 5.75 Å². The van der Waals surface area contributed by atoms with E-state index in [9.17, 15) is 9.59 Å². The van der Waals surface area contributed by atoms with Gasteiger partial charge in [0.1, 0.15) is 11.5 Å². The molecule has 166 valence electrons. The molecule has 1 aromatic heterocycles. The molecular weight excluding hydrogens is 394 g/mol. The van der Waals surface area contributed by atoms with Gasteiger partial charge in [0.2, 0.25) is 11.8 Å². The lowest BCUT2D eigenvalue weighted by Gasteiger charge is -2.33. The third-order valence-corrected chi connectivity index (χ3v) is 6.23. The van der Waals surface area contributed by atoms with Crippen molar-refractivity contribution in [2.24, 2.45) is 0 Å². The van der Waals surface area contributed by atoms with E-state index in [0.29, 0.717) is 31.8 Å². The Balaban J connectivity index is 1.34. The van der Waals surface area contributed by atoms with Crippen LogP contribution in [0.4, 0.5) is 0 Å². The Hall–Kier alpha value is -2.83. The number of ether oxygens (including phenoxy) is 1. The Kier molecular flexibility index (Phi) is 6.89. The molecule has 1 unspecified atom stereocenters. The first-order valence-corrected chi connectivity index (χ1v) is 11.3. The summed E-state index contributed by atoms with van der Waals surface area (Å²) in [7, 11) is 1.65. The van der Waals surface area contributed by atoms with Crippen LogP contribution in [0.15, 0.2) is 34.9 Å². The molecule has 0 saturated carbocycles. The van der Waals surface area contributed by atoms with Crippen molar-refractivity contribution in [3.05, 3.63) is 47.7 Å². The van der Waals surface area contributed by atoms with Gasteiger partial charge in [-0.2, -0.15) is 0 Å². The van der Waals surface area contributed by atoms with Crippen LogP contribution in [0, 0.1) is 0 Å². The van der Waals surface area contributed by atoms with Crippen LogP contribution in [0.25, 0.3) is 0 Å². The minimum absolute atomic E-state index is 0.0324. The predicted molar refractivity (Wildman–Crippen MR) is 116 cm³/mol. The highest BCUT2D eigenvalue weighted by Crippen LogP contribution is 2.27. The van der Waals surface area contributed by atoms with Gasteiger partial charge in [-0.3, -0.25) is 9.59 Å². The molecule has 2 amide bonds. The van der Waals surface area contributed by atoms with Crippen molar-refractivity contribution >= 4 is 11.8 Å². The maximum absolute atomic E-state index is 12.9. The van der Waals surface area contributed by atoms with Gasteiger partial charge in [0.05, 0.1) is 25.8 Å². The van der Waals surface area contributed by atoms with Crippen LogP contribution in [-0.4, -0.2) is 59.9 Å². The summed E-state index contributed by atoms with van der Waals surface area (Å²) in [5.74, 6) is 2.59. The summed E-state index contributed by atoms with van der Waals surface area (Å²) in [6.45, 7) is 2.22. The lowest BCUT2D eigenvalue weighted by molar-refractivity contribution is -0.141. The summed E-state index contributed by atoms with van der Waals surface area (Å²) in [6, 6.07) is 7.91. The molecule has 2 aliphatic heterocycles. The van der Waals surface area contributed by atoms with Gasteiger partial charge in [0.15, 0.2) is 5.89 Å². The van der Waals surface area contributed by atoms with Crippen LogP contribution in [-0.2, 0) is 16.0 Å². The number of likely N-dealkylation sites (tertiary alicyclic amines) is 2. The molecule has 2 fully saturated rings. The quantitative estimate of drug-likeness (QED) is 0.709. The summed E-state index contributed by atoms with van der Waals surface area (Å²) >= 11 is 0. The Morgan fingerprint density at radius 1 is 1.16 bits per heavy atom. The number of aromatic nitrogens is 1. The van der Waals surface area contributed by atoms with Gasteiger partial charge in [-0.15, -0.1) is 0 Å². The molecule has 1 aromatic carbocycles. The van der Waals surface area contributed by atoms with Crippen LogP contribution >= 0.6 is 0 Å². The van der Waals surface area contributed by atoms with E-state index in [1.807, 2.05) is 29.2 Å². The van der Waals surface area contributed by atoms with Gasteiger partial charge >= 0.3 is 0 Å². The number of piperidine rings is 1. The van der Waals surface area contributed by atoms with Crippen LogP contribution in [0.3, 0.4) is 0 Å². The minimum Gasteiger partial charge on any atom is -0.497 e. The van der Waals surface area contributed by atoms with Crippen molar-refractivity contribution in [1.29, 1.82) is 0 Å². The molecule has 7 heteroatoms. The number of hydrogen-bond donors (Lipinski definition) is 0. The smallest absolute Gasteiger partial charge is 0.242 e. The summed E-state index contributed by atoms with van der Waals surface area (Å²) in [5.41, 5.74) is 1.13. The van der Waals surface area contributed by atoms with Crippen molar-refractivity contribution in [3.63, 3.8) is 0 Å². The zero-order chi connectivity index (χ0) is 21.6. The number of hydrogen-bond acceptors (Lipinski definition) is 5. The number of carbonyl (C=O) groups is 2.